The second-order valence-electron chi connectivity index (χ2n) is 4.89. The number of rotatable bonds is 5. The molecule has 1 amide bonds. The highest BCUT2D eigenvalue weighted by atomic mass is 32.2. The summed E-state index contributed by atoms with van der Waals surface area (Å²) in [5.74, 6) is -2.66. The van der Waals surface area contributed by atoms with Crippen LogP contribution in [-0.4, -0.2) is 20.4 Å². The molecule has 0 saturated heterocycles. The van der Waals surface area contributed by atoms with Gasteiger partial charge >= 0.3 is 0 Å². The van der Waals surface area contributed by atoms with Gasteiger partial charge in [-0.1, -0.05) is 0 Å². The number of hydrogen-bond donors (Lipinski definition) is 2. The van der Waals surface area contributed by atoms with E-state index < -0.39 is 33.7 Å². The Balaban J connectivity index is 2.02. The lowest BCUT2D eigenvalue weighted by molar-refractivity contribution is -0.122. The molecule has 0 radical (unpaired) electrons. The fourth-order valence-electron chi connectivity index (χ4n) is 1.78. The zero-order valence-electron chi connectivity index (χ0n) is 12.5. The SMILES string of the molecule is C[C@H](Oc1ccc(F)c(F)c1)C(=O)Nc1ccc(S(N)(=O)=O)cc1. The zero-order valence-corrected chi connectivity index (χ0v) is 13.3. The Bertz CT molecular complexity index is 854. The second-order valence-corrected chi connectivity index (χ2v) is 6.46. The number of benzene rings is 2. The lowest BCUT2D eigenvalue weighted by Gasteiger charge is -2.15. The number of anilines is 1. The van der Waals surface area contributed by atoms with Gasteiger partial charge in [0.25, 0.3) is 5.91 Å². The molecule has 0 heterocycles. The lowest BCUT2D eigenvalue weighted by Crippen LogP contribution is -2.30. The summed E-state index contributed by atoms with van der Waals surface area (Å²) in [4.78, 5) is 11.9. The first-order valence-electron chi connectivity index (χ1n) is 6.72. The molecule has 24 heavy (non-hydrogen) atoms. The van der Waals surface area contributed by atoms with E-state index in [1.165, 1.54) is 37.3 Å². The molecule has 0 unspecified atom stereocenters. The normalized spacial score (nSPS) is 12.5. The summed E-state index contributed by atoms with van der Waals surface area (Å²) in [6.07, 6.45) is -0.993. The summed E-state index contributed by atoms with van der Waals surface area (Å²) in [7, 11) is -3.82. The van der Waals surface area contributed by atoms with Crippen LogP contribution in [0.3, 0.4) is 0 Å². The van der Waals surface area contributed by atoms with Gasteiger partial charge in [0.2, 0.25) is 10.0 Å². The highest BCUT2D eigenvalue weighted by Crippen LogP contribution is 2.18. The number of carbonyl (C=O) groups is 1. The standard InChI is InChI=1S/C15H14F2N2O4S/c1-9(23-11-4-7-13(16)14(17)8-11)15(20)19-10-2-5-12(6-3-10)24(18,21)22/h2-9H,1H3,(H,19,20)(H2,18,21,22)/t9-/m0/s1. The van der Waals surface area contributed by atoms with Gasteiger partial charge in [-0.15, -0.1) is 0 Å². The van der Waals surface area contributed by atoms with Crippen LogP contribution in [0.2, 0.25) is 0 Å². The Hall–Kier alpha value is -2.52. The summed E-state index contributed by atoms with van der Waals surface area (Å²) in [6, 6.07) is 8.13. The van der Waals surface area contributed by atoms with Crippen LogP contribution in [0.4, 0.5) is 14.5 Å². The number of halogens is 2. The van der Waals surface area contributed by atoms with Crippen molar-refractivity contribution in [3.05, 3.63) is 54.1 Å². The van der Waals surface area contributed by atoms with Gasteiger partial charge in [0, 0.05) is 11.8 Å². The molecule has 0 fully saturated rings. The molecule has 0 saturated carbocycles. The number of nitrogens with one attached hydrogen (secondary N) is 1. The molecule has 0 bridgehead atoms. The summed E-state index contributed by atoms with van der Waals surface area (Å²) in [6.45, 7) is 1.43. The predicted octanol–water partition coefficient (Wildman–Crippen LogP) is 2.02. The number of amides is 1. The minimum atomic E-state index is -3.82. The fraction of sp³-hybridized carbons (Fsp3) is 0.133. The van der Waals surface area contributed by atoms with Crippen LogP contribution in [-0.2, 0) is 14.8 Å². The summed E-state index contributed by atoms with van der Waals surface area (Å²) in [5.41, 5.74) is 0.327. The Kier molecular flexibility index (Phi) is 5.15. The second kappa shape index (κ2) is 6.93. The van der Waals surface area contributed by atoms with Gasteiger partial charge in [0.1, 0.15) is 5.75 Å². The summed E-state index contributed by atoms with van der Waals surface area (Å²) >= 11 is 0. The largest absolute Gasteiger partial charge is 0.481 e. The van der Waals surface area contributed by atoms with Crippen molar-refractivity contribution >= 4 is 21.6 Å². The van der Waals surface area contributed by atoms with Crippen LogP contribution >= 0.6 is 0 Å². The molecular formula is C15H14F2N2O4S. The van der Waals surface area contributed by atoms with E-state index in [4.69, 9.17) is 9.88 Å². The molecule has 128 valence electrons. The smallest absolute Gasteiger partial charge is 0.265 e. The number of sulfonamides is 1. The first-order valence-corrected chi connectivity index (χ1v) is 8.27. The summed E-state index contributed by atoms with van der Waals surface area (Å²) < 4.78 is 53.4. The van der Waals surface area contributed by atoms with Gasteiger partial charge in [0.15, 0.2) is 17.7 Å². The van der Waals surface area contributed by atoms with Crippen molar-refractivity contribution in [3.8, 4) is 5.75 Å². The van der Waals surface area contributed by atoms with Gasteiger partial charge in [0.05, 0.1) is 4.90 Å². The first-order chi connectivity index (χ1) is 11.2. The Morgan fingerprint density at radius 1 is 1.12 bits per heavy atom. The fourth-order valence-corrected chi connectivity index (χ4v) is 2.30. The monoisotopic (exact) mass is 356 g/mol. The third kappa shape index (κ3) is 4.49. The van der Waals surface area contributed by atoms with Crippen LogP contribution in [0.25, 0.3) is 0 Å². The highest BCUT2D eigenvalue weighted by Gasteiger charge is 2.16. The zero-order chi connectivity index (χ0) is 17.9. The molecule has 2 rings (SSSR count). The van der Waals surface area contributed by atoms with E-state index >= 15 is 0 Å². The van der Waals surface area contributed by atoms with E-state index in [1.807, 2.05) is 0 Å². The quantitative estimate of drug-likeness (QED) is 0.856. The van der Waals surface area contributed by atoms with Crippen molar-refractivity contribution < 1.29 is 26.7 Å². The molecule has 9 heteroatoms. The molecule has 0 aliphatic rings. The maximum Gasteiger partial charge on any atom is 0.265 e. The summed E-state index contributed by atoms with van der Waals surface area (Å²) in [5, 5.41) is 7.47. The molecule has 0 aliphatic carbocycles. The lowest BCUT2D eigenvalue weighted by atomic mass is 10.3. The number of nitrogens with two attached hydrogens (primary N) is 1. The number of ether oxygens (including phenoxy) is 1. The van der Waals surface area contributed by atoms with E-state index in [0.717, 1.165) is 12.1 Å². The van der Waals surface area contributed by atoms with E-state index in [1.54, 1.807) is 0 Å². The molecule has 0 spiro atoms. The molecular weight excluding hydrogens is 342 g/mol. The molecule has 1 atom stereocenters. The Labute approximate surface area is 137 Å². The van der Waals surface area contributed by atoms with Crippen molar-refractivity contribution in [1.29, 1.82) is 0 Å². The van der Waals surface area contributed by atoms with Crippen LogP contribution in [0.1, 0.15) is 6.92 Å². The van der Waals surface area contributed by atoms with Gasteiger partial charge in [-0.05, 0) is 43.3 Å². The topological polar surface area (TPSA) is 98.5 Å². The average molecular weight is 356 g/mol. The third-order valence-corrected chi connectivity index (χ3v) is 3.95. The first kappa shape index (κ1) is 17.8. The highest BCUT2D eigenvalue weighted by molar-refractivity contribution is 7.89. The van der Waals surface area contributed by atoms with Gasteiger partial charge in [-0.3, -0.25) is 4.79 Å². The molecule has 6 nitrogen and oxygen atoms in total. The van der Waals surface area contributed by atoms with Crippen LogP contribution in [0, 0.1) is 11.6 Å². The Morgan fingerprint density at radius 2 is 1.75 bits per heavy atom. The Morgan fingerprint density at radius 3 is 2.29 bits per heavy atom. The van der Waals surface area contributed by atoms with Crippen LogP contribution in [0.5, 0.6) is 5.75 Å². The van der Waals surface area contributed by atoms with Gasteiger partial charge in [-0.2, -0.15) is 0 Å². The van der Waals surface area contributed by atoms with E-state index in [0.29, 0.717) is 5.69 Å². The van der Waals surface area contributed by atoms with Gasteiger partial charge < -0.3 is 10.1 Å². The molecule has 0 aliphatic heterocycles. The number of primary sulfonamides is 1. The van der Waals surface area contributed by atoms with E-state index in [9.17, 15) is 22.0 Å². The average Bonchev–Trinajstić information content (AvgIpc) is 2.50. The van der Waals surface area contributed by atoms with Crippen LogP contribution < -0.4 is 15.2 Å². The predicted molar refractivity (Wildman–Crippen MR) is 82.9 cm³/mol. The maximum absolute atomic E-state index is 13.1. The number of hydrogen-bond acceptors (Lipinski definition) is 4. The number of carbonyl (C=O) groups excluding carboxylic acids is 1. The van der Waals surface area contributed by atoms with Crippen molar-refractivity contribution in [2.45, 2.75) is 17.9 Å². The van der Waals surface area contributed by atoms with E-state index in [2.05, 4.69) is 5.32 Å². The van der Waals surface area contributed by atoms with Crippen LogP contribution in [0.15, 0.2) is 47.4 Å². The molecule has 3 N–H and O–H groups in total. The minimum Gasteiger partial charge on any atom is -0.481 e. The maximum atomic E-state index is 13.1. The van der Waals surface area contributed by atoms with Crippen molar-refractivity contribution in [1.82, 2.24) is 0 Å². The molecule has 2 aromatic rings. The van der Waals surface area contributed by atoms with E-state index in [-0.39, 0.29) is 10.6 Å². The van der Waals surface area contributed by atoms with Crippen molar-refractivity contribution in [2.24, 2.45) is 5.14 Å². The molecule has 0 aromatic heterocycles. The van der Waals surface area contributed by atoms with Crippen molar-refractivity contribution in [3.63, 3.8) is 0 Å². The van der Waals surface area contributed by atoms with Gasteiger partial charge in [-0.25, -0.2) is 22.3 Å². The molecule has 2 aromatic carbocycles. The minimum absolute atomic E-state index is 0.00104. The third-order valence-electron chi connectivity index (χ3n) is 3.02. The van der Waals surface area contributed by atoms with Crippen molar-refractivity contribution in [2.75, 3.05) is 5.32 Å².